The van der Waals surface area contributed by atoms with Crippen molar-refractivity contribution < 1.29 is 45.2 Å². The minimum atomic E-state index is -5.07. The van der Waals surface area contributed by atoms with E-state index in [4.69, 9.17) is 10.2 Å². The molecule has 0 spiro atoms. The molecule has 0 saturated heterocycles. The third kappa shape index (κ3) is 6.62. The predicted octanol–water partition coefficient (Wildman–Crippen LogP) is -1.65. The topological polar surface area (TPSA) is 60.5 Å². The average Bonchev–Trinajstić information content (AvgIpc) is 2.08. The van der Waals surface area contributed by atoms with Gasteiger partial charge in [-0.3, -0.25) is 0 Å². The van der Waals surface area contributed by atoms with Crippen molar-refractivity contribution in [3.8, 4) is 0 Å². The Morgan fingerprint density at radius 2 is 1.71 bits per heavy atom. The van der Waals surface area contributed by atoms with E-state index in [-0.39, 0.29) is 12.4 Å². The highest BCUT2D eigenvalue weighted by atomic mass is 35.5. The third-order valence-corrected chi connectivity index (χ3v) is 1.40. The van der Waals surface area contributed by atoms with Gasteiger partial charge in [0, 0.05) is 6.08 Å². The molecule has 0 radical (unpaired) electrons. The van der Waals surface area contributed by atoms with Crippen LogP contribution in [0.1, 0.15) is 0 Å². The second-order valence-electron chi connectivity index (χ2n) is 3.04. The van der Waals surface area contributed by atoms with Gasteiger partial charge >= 0.3 is 12.1 Å². The minimum Gasteiger partial charge on any atom is -1.00 e. The van der Waals surface area contributed by atoms with Gasteiger partial charge in [0.25, 0.3) is 0 Å². The summed E-state index contributed by atoms with van der Waals surface area (Å²) in [5.74, 6) is -3.97. The molecule has 0 aromatic rings. The van der Waals surface area contributed by atoms with E-state index in [0.29, 0.717) is 6.08 Å². The first-order chi connectivity index (χ1) is 7.16. The number of aliphatic carboxylic acids is 1. The fourth-order valence-electron chi connectivity index (χ4n) is 0.716. The normalized spacial score (nSPS) is 12.8. The fourth-order valence-corrected chi connectivity index (χ4v) is 0.716. The highest BCUT2D eigenvalue weighted by Gasteiger charge is 2.37. The summed E-state index contributed by atoms with van der Waals surface area (Å²) in [6, 6.07) is 0. The maximum atomic E-state index is 12.0. The summed E-state index contributed by atoms with van der Waals surface area (Å²) in [5.41, 5.74) is -1.20. The quantitative estimate of drug-likeness (QED) is 0.213. The maximum absolute atomic E-state index is 12.0. The standard InChI is InChI=1S/C9H10F3NO3.ClH/c1-13(2)5-3-4-6(8(15)16)7(14)9(10,11)12;/h3-5H,1-2H3,(H,15,16);1H. The Morgan fingerprint density at radius 3 is 2.00 bits per heavy atom. The van der Waals surface area contributed by atoms with Crippen molar-refractivity contribution in [3.05, 3.63) is 23.5 Å². The van der Waals surface area contributed by atoms with Crippen molar-refractivity contribution in [2.24, 2.45) is 0 Å². The van der Waals surface area contributed by atoms with Crippen LogP contribution in [0.5, 0.6) is 0 Å². The zero-order chi connectivity index (χ0) is 12.9. The highest BCUT2D eigenvalue weighted by Crippen LogP contribution is 2.26. The van der Waals surface area contributed by atoms with Crippen LogP contribution in [0.4, 0.5) is 13.2 Å². The second kappa shape index (κ2) is 6.95. The Hall–Kier alpha value is -1.50. The number of hydrogen-bond donors (Lipinski definition) is 2. The van der Waals surface area contributed by atoms with Gasteiger partial charge in [0.05, 0.1) is 0 Å². The number of halogens is 4. The molecular formula is C9H11ClF3NO3. The number of allylic oxidation sites excluding steroid dienone is 2. The number of aliphatic hydroxyl groups is 1. The zero-order valence-electron chi connectivity index (χ0n) is 8.99. The summed E-state index contributed by atoms with van der Waals surface area (Å²) < 4.78 is 37.6. The molecule has 0 amide bonds. The molecule has 0 unspecified atom stereocenters. The lowest BCUT2D eigenvalue weighted by molar-refractivity contribution is -0.458. The van der Waals surface area contributed by atoms with Gasteiger partial charge in [-0.1, -0.05) is 0 Å². The molecule has 0 fully saturated rings. The molecule has 98 valence electrons. The lowest BCUT2D eigenvalue weighted by Gasteiger charge is -2.06. The highest BCUT2D eigenvalue weighted by molar-refractivity contribution is 5.91. The van der Waals surface area contributed by atoms with Gasteiger partial charge in [-0.2, -0.15) is 13.2 Å². The molecule has 0 aliphatic rings. The van der Waals surface area contributed by atoms with E-state index in [2.05, 4.69) is 0 Å². The van der Waals surface area contributed by atoms with Crippen LogP contribution in [0.3, 0.4) is 0 Å². The minimum absolute atomic E-state index is 0. The van der Waals surface area contributed by atoms with Crippen LogP contribution in [0.2, 0.25) is 0 Å². The van der Waals surface area contributed by atoms with E-state index < -0.39 is 23.5 Å². The molecule has 8 heteroatoms. The Kier molecular flexibility index (Phi) is 7.31. The van der Waals surface area contributed by atoms with Crippen LogP contribution < -0.4 is 12.4 Å². The Morgan fingerprint density at radius 1 is 1.24 bits per heavy atom. The molecule has 17 heavy (non-hydrogen) atoms. The first-order valence-corrected chi connectivity index (χ1v) is 4.08. The molecule has 0 aromatic carbocycles. The predicted molar refractivity (Wildman–Crippen MR) is 50.7 cm³/mol. The van der Waals surface area contributed by atoms with Crippen LogP contribution >= 0.6 is 0 Å². The summed E-state index contributed by atoms with van der Waals surface area (Å²) in [6.45, 7) is 0. The summed E-state index contributed by atoms with van der Waals surface area (Å²) >= 11 is 0. The Balaban J connectivity index is 0. The van der Waals surface area contributed by atoms with Crippen LogP contribution in [0, 0.1) is 0 Å². The SMILES string of the molecule is C[N+](C)=CC=CC(C(=O)O)=C(O)C(F)(F)F.[Cl-]. The first kappa shape index (κ1) is 17.9. The van der Waals surface area contributed by atoms with E-state index in [1.807, 2.05) is 0 Å². The third-order valence-electron chi connectivity index (χ3n) is 1.40. The van der Waals surface area contributed by atoms with Crippen LogP contribution in [0.15, 0.2) is 23.5 Å². The van der Waals surface area contributed by atoms with E-state index in [1.165, 1.54) is 10.8 Å². The van der Waals surface area contributed by atoms with E-state index >= 15 is 0 Å². The molecule has 0 aromatic heterocycles. The molecule has 0 heterocycles. The molecule has 0 bridgehead atoms. The molecule has 0 saturated carbocycles. The van der Waals surface area contributed by atoms with Gasteiger partial charge in [-0.15, -0.1) is 0 Å². The zero-order valence-corrected chi connectivity index (χ0v) is 9.75. The molecule has 0 rings (SSSR count). The number of alkyl halides is 3. The van der Waals surface area contributed by atoms with Gasteiger partial charge in [-0.05, 0) is 6.08 Å². The van der Waals surface area contributed by atoms with Gasteiger partial charge in [0.15, 0.2) is 6.21 Å². The van der Waals surface area contributed by atoms with Gasteiger partial charge in [0.1, 0.15) is 19.7 Å². The van der Waals surface area contributed by atoms with Gasteiger partial charge < -0.3 is 22.6 Å². The first-order valence-electron chi connectivity index (χ1n) is 4.08. The average molecular weight is 274 g/mol. The van der Waals surface area contributed by atoms with Crippen molar-refractivity contribution in [1.82, 2.24) is 0 Å². The Labute approximate surface area is 102 Å². The number of carbonyl (C=O) groups is 1. The lowest BCUT2D eigenvalue weighted by Crippen LogP contribution is -3.00. The van der Waals surface area contributed by atoms with E-state index in [0.717, 1.165) is 6.08 Å². The van der Waals surface area contributed by atoms with Crippen LogP contribution in [-0.4, -0.2) is 47.2 Å². The summed E-state index contributed by atoms with van der Waals surface area (Å²) in [6.07, 6.45) is -1.97. The second-order valence-corrected chi connectivity index (χ2v) is 3.04. The number of hydrogen-bond acceptors (Lipinski definition) is 2. The summed E-state index contributed by atoms with van der Waals surface area (Å²) in [5, 5.41) is 17.2. The summed E-state index contributed by atoms with van der Waals surface area (Å²) in [7, 11) is 3.22. The smallest absolute Gasteiger partial charge is 0.449 e. The van der Waals surface area contributed by atoms with Crippen molar-refractivity contribution in [1.29, 1.82) is 0 Å². The Bertz CT molecular complexity index is 368. The molecule has 0 aliphatic heterocycles. The fraction of sp³-hybridized carbons (Fsp3) is 0.333. The van der Waals surface area contributed by atoms with Gasteiger partial charge in [-0.25, -0.2) is 9.37 Å². The van der Waals surface area contributed by atoms with Crippen molar-refractivity contribution in [2.75, 3.05) is 14.1 Å². The lowest BCUT2D eigenvalue weighted by atomic mass is 10.2. The number of carboxylic acids is 1. The molecule has 0 aliphatic carbocycles. The van der Waals surface area contributed by atoms with Crippen LogP contribution in [-0.2, 0) is 4.79 Å². The maximum Gasteiger partial charge on any atom is 0.449 e. The summed E-state index contributed by atoms with van der Waals surface area (Å²) in [4.78, 5) is 10.5. The van der Waals surface area contributed by atoms with Crippen molar-refractivity contribution in [2.45, 2.75) is 6.18 Å². The van der Waals surface area contributed by atoms with Gasteiger partial charge in [0.2, 0.25) is 5.76 Å². The molecule has 2 N–H and O–H groups in total. The van der Waals surface area contributed by atoms with Crippen LogP contribution in [0.25, 0.3) is 0 Å². The number of rotatable bonds is 3. The number of aliphatic hydroxyl groups excluding tert-OH is 1. The molecular weight excluding hydrogens is 263 g/mol. The number of carboxylic acid groups (broad SMARTS) is 1. The van der Waals surface area contributed by atoms with E-state index in [9.17, 15) is 18.0 Å². The number of nitrogens with zero attached hydrogens (tertiary/aromatic N) is 1. The largest absolute Gasteiger partial charge is 1.00 e. The molecule has 0 atom stereocenters. The van der Waals surface area contributed by atoms with E-state index in [1.54, 1.807) is 14.1 Å². The molecule has 4 nitrogen and oxygen atoms in total. The van der Waals surface area contributed by atoms with Crippen molar-refractivity contribution >= 4 is 12.2 Å². The monoisotopic (exact) mass is 273 g/mol. The van der Waals surface area contributed by atoms with Crippen molar-refractivity contribution in [3.63, 3.8) is 0 Å².